The topological polar surface area (TPSA) is 27.7 Å². The first-order valence-corrected chi connectivity index (χ1v) is 9.14. The molecule has 3 aromatic carbocycles. The number of rotatable bonds is 8. The number of halogens is 2. The summed E-state index contributed by atoms with van der Waals surface area (Å²) in [7, 11) is -2.75. The van der Waals surface area contributed by atoms with Gasteiger partial charge >= 0.3 is 8.60 Å². The summed E-state index contributed by atoms with van der Waals surface area (Å²) in [6, 6.07) is 25.2. The van der Waals surface area contributed by atoms with Crippen LogP contribution in [0.2, 0.25) is 0 Å². The predicted molar refractivity (Wildman–Crippen MR) is 96.9 cm³/mol. The van der Waals surface area contributed by atoms with E-state index >= 15 is 0 Å². The van der Waals surface area contributed by atoms with Crippen molar-refractivity contribution in [1.82, 2.24) is 0 Å². The van der Waals surface area contributed by atoms with Crippen molar-refractivity contribution < 1.29 is 23.0 Å². The molecule has 3 nitrogen and oxygen atoms in total. The van der Waals surface area contributed by atoms with Gasteiger partial charge in [-0.05, 0) is 31.3 Å². The van der Waals surface area contributed by atoms with E-state index in [1.165, 1.54) is 0 Å². The van der Waals surface area contributed by atoms with Gasteiger partial charge in [0.1, 0.15) is 5.75 Å². The first kappa shape index (κ1) is 18.5. The van der Waals surface area contributed by atoms with Crippen LogP contribution in [0.4, 0.5) is 9.05 Å². The summed E-state index contributed by atoms with van der Waals surface area (Å²) in [5, 5.41) is 0. The van der Waals surface area contributed by atoms with Gasteiger partial charge in [-0.3, -0.25) is 0 Å². The molecule has 0 aliphatic rings. The third-order valence-corrected chi connectivity index (χ3v) is 4.49. The molecule has 6 heteroatoms. The summed E-state index contributed by atoms with van der Waals surface area (Å²) in [5.74, 6) is 0.376. The molecule has 0 unspecified atom stereocenters. The standard InChI is InChI=1S/C20H17F2O3P/c21-24-26(25-22)23-20-18(14-16-8-3-1-4-9-16)12-7-13-19(20)15-17-10-5-2-6-11-17/h1-13H,14-15H2. The molecule has 0 amide bonds. The highest BCUT2D eigenvalue weighted by atomic mass is 31.2. The average Bonchev–Trinajstić information content (AvgIpc) is 2.69. The lowest BCUT2D eigenvalue weighted by atomic mass is 9.98. The van der Waals surface area contributed by atoms with Crippen LogP contribution in [0.25, 0.3) is 0 Å². The van der Waals surface area contributed by atoms with Crippen molar-refractivity contribution in [2.75, 3.05) is 0 Å². The Bertz CT molecular complexity index is 752. The number of para-hydroxylation sites is 1. The molecule has 3 aromatic rings. The Morgan fingerprint density at radius 2 is 1.08 bits per heavy atom. The Hall–Kier alpha value is -2.33. The smallest absolute Gasteiger partial charge is 0.423 e. The molecule has 0 saturated heterocycles. The van der Waals surface area contributed by atoms with Crippen LogP contribution in [0.3, 0.4) is 0 Å². The molecule has 0 aromatic heterocycles. The van der Waals surface area contributed by atoms with Gasteiger partial charge in [0.2, 0.25) is 0 Å². The second kappa shape index (κ2) is 9.39. The molecule has 0 fully saturated rings. The predicted octanol–water partition coefficient (Wildman–Crippen LogP) is 6.28. The molecular formula is C20H17F2O3P. The highest BCUT2D eigenvalue weighted by Gasteiger charge is 2.21. The molecule has 0 aliphatic carbocycles. The normalized spacial score (nSPS) is 10.9. The van der Waals surface area contributed by atoms with Crippen LogP contribution in [0.1, 0.15) is 22.3 Å². The van der Waals surface area contributed by atoms with Crippen molar-refractivity contribution in [3.63, 3.8) is 0 Å². The van der Waals surface area contributed by atoms with Crippen LogP contribution >= 0.6 is 8.60 Å². The van der Waals surface area contributed by atoms with Crippen LogP contribution in [-0.2, 0) is 22.3 Å². The van der Waals surface area contributed by atoms with E-state index < -0.39 is 8.60 Å². The zero-order valence-electron chi connectivity index (χ0n) is 13.8. The molecule has 0 N–H and O–H groups in total. The van der Waals surface area contributed by atoms with Crippen molar-refractivity contribution in [3.8, 4) is 5.75 Å². The SMILES string of the molecule is FOP(OF)Oc1c(Cc2ccccc2)cccc1Cc1ccccc1. The maximum Gasteiger partial charge on any atom is 0.465 e. The lowest BCUT2D eigenvalue weighted by Gasteiger charge is -2.17. The third-order valence-electron chi connectivity index (χ3n) is 3.93. The van der Waals surface area contributed by atoms with Crippen LogP contribution in [0, 0.1) is 0 Å². The summed E-state index contributed by atoms with van der Waals surface area (Å²) >= 11 is 0. The van der Waals surface area contributed by atoms with E-state index in [1.807, 2.05) is 78.9 Å². The minimum Gasteiger partial charge on any atom is -0.423 e. The van der Waals surface area contributed by atoms with Crippen molar-refractivity contribution in [2.45, 2.75) is 12.8 Å². The molecule has 134 valence electrons. The van der Waals surface area contributed by atoms with Gasteiger partial charge in [-0.1, -0.05) is 88.3 Å². The molecular weight excluding hydrogens is 357 g/mol. The highest BCUT2D eigenvalue weighted by Crippen LogP contribution is 2.44. The van der Waals surface area contributed by atoms with E-state index in [0.29, 0.717) is 18.6 Å². The Morgan fingerprint density at radius 3 is 1.50 bits per heavy atom. The molecule has 3 rings (SSSR count). The molecule has 26 heavy (non-hydrogen) atoms. The highest BCUT2D eigenvalue weighted by molar-refractivity contribution is 7.41. The second-order valence-corrected chi connectivity index (χ2v) is 6.59. The summed E-state index contributed by atoms with van der Waals surface area (Å²) in [6.45, 7) is 0. The lowest BCUT2D eigenvalue weighted by Crippen LogP contribution is -2.00. The fourth-order valence-electron chi connectivity index (χ4n) is 2.78. The first-order valence-electron chi connectivity index (χ1n) is 8.04. The van der Waals surface area contributed by atoms with E-state index in [4.69, 9.17) is 4.52 Å². The largest absolute Gasteiger partial charge is 0.465 e. The average molecular weight is 374 g/mol. The molecule has 0 aliphatic heterocycles. The van der Waals surface area contributed by atoms with Crippen molar-refractivity contribution in [1.29, 1.82) is 0 Å². The van der Waals surface area contributed by atoms with Gasteiger partial charge in [0.05, 0.1) is 0 Å². The lowest BCUT2D eigenvalue weighted by molar-refractivity contribution is -0.0859. The zero-order chi connectivity index (χ0) is 18.2. The Balaban J connectivity index is 1.95. The van der Waals surface area contributed by atoms with E-state index in [2.05, 4.69) is 9.46 Å². The minimum atomic E-state index is -2.75. The summed E-state index contributed by atoms with van der Waals surface area (Å²) in [6.07, 6.45) is 1.11. The van der Waals surface area contributed by atoms with Crippen LogP contribution in [-0.4, -0.2) is 0 Å². The zero-order valence-corrected chi connectivity index (χ0v) is 14.7. The van der Waals surface area contributed by atoms with Crippen LogP contribution in [0.15, 0.2) is 78.9 Å². The minimum absolute atomic E-state index is 0.376. The summed E-state index contributed by atoms with van der Waals surface area (Å²) < 4.78 is 37.3. The van der Waals surface area contributed by atoms with Gasteiger partial charge in [0.15, 0.2) is 0 Å². The molecule has 0 bridgehead atoms. The fourth-order valence-corrected chi connectivity index (χ4v) is 3.24. The van der Waals surface area contributed by atoms with Crippen molar-refractivity contribution >= 4 is 8.60 Å². The number of hydrogen-bond donors (Lipinski definition) is 0. The van der Waals surface area contributed by atoms with Gasteiger partial charge in [0, 0.05) is 12.8 Å². The molecule has 0 spiro atoms. The molecule has 0 radical (unpaired) electrons. The Morgan fingerprint density at radius 1 is 0.615 bits per heavy atom. The molecule has 0 heterocycles. The Labute approximate surface area is 152 Å². The summed E-state index contributed by atoms with van der Waals surface area (Å²) in [5.41, 5.74) is 3.71. The van der Waals surface area contributed by atoms with E-state index in [0.717, 1.165) is 22.3 Å². The number of benzene rings is 3. The van der Waals surface area contributed by atoms with E-state index in [1.54, 1.807) is 0 Å². The van der Waals surface area contributed by atoms with E-state index in [-0.39, 0.29) is 0 Å². The number of hydrogen-bond acceptors (Lipinski definition) is 3. The van der Waals surface area contributed by atoms with Crippen LogP contribution < -0.4 is 4.52 Å². The van der Waals surface area contributed by atoms with Gasteiger partial charge < -0.3 is 4.52 Å². The van der Waals surface area contributed by atoms with E-state index in [9.17, 15) is 9.05 Å². The quantitative estimate of drug-likeness (QED) is 0.435. The third kappa shape index (κ3) is 4.85. The summed E-state index contributed by atoms with van der Waals surface area (Å²) in [4.78, 5) is 0. The molecule has 0 atom stereocenters. The monoisotopic (exact) mass is 374 g/mol. The maximum absolute atomic E-state index is 12.5. The van der Waals surface area contributed by atoms with Crippen LogP contribution in [0.5, 0.6) is 5.75 Å². The van der Waals surface area contributed by atoms with Gasteiger partial charge in [-0.2, -0.15) is 0 Å². The van der Waals surface area contributed by atoms with Crippen molar-refractivity contribution in [2.24, 2.45) is 0 Å². The fraction of sp³-hybridized carbons (Fsp3) is 0.100. The second-order valence-electron chi connectivity index (χ2n) is 5.68. The van der Waals surface area contributed by atoms with Gasteiger partial charge in [-0.15, -0.1) is 0 Å². The van der Waals surface area contributed by atoms with Crippen molar-refractivity contribution in [3.05, 3.63) is 101 Å². The first-order chi connectivity index (χ1) is 12.8. The molecule has 0 saturated carbocycles. The maximum atomic E-state index is 12.5. The van der Waals surface area contributed by atoms with Gasteiger partial charge in [-0.25, -0.2) is 0 Å². The Kier molecular flexibility index (Phi) is 6.67. The van der Waals surface area contributed by atoms with Gasteiger partial charge in [0.25, 0.3) is 0 Å².